The molecule has 2 N–H and O–H groups in total. The van der Waals surface area contributed by atoms with Crippen molar-refractivity contribution in [2.24, 2.45) is 0 Å². The molecule has 1 heterocycles. The number of anilines is 1. The van der Waals surface area contributed by atoms with Crippen LogP contribution >= 0.6 is 11.3 Å². The lowest BCUT2D eigenvalue weighted by molar-refractivity contribution is 0.0949. The van der Waals surface area contributed by atoms with E-state index in [1.165, 1.54) is 11.3 Å². The van der Waals surface area contributed by atoms with Crippen molar-refractivity contribution in [3.05, 3.63) is 69.7 Å². The van der Waals surface area contributed by atoms with Gasteiger partial charge in [0.05, 0.1) is 6.61 Å². The van der Waals surface area contributed by atoms with Gasteiger partial charge >= 0.3 is 0 Å². The van der Waals surface area contributed by atoms with Crippen molar-refractivity contribution >= 4 is 28.8 Å². The van der Waals surface area contributed by atoms with Crippen LogP contribution in [-0.2, 0) is 6.54 Å². The fourth-order valence-corrected chi connectivity index (χ4v) is 3.86. The molecule has 0 atom stereocenters. The summed E-state index contributed by atoms with van der Waals surface area (Å²) in [6.07, 6.45) is 3.19. The zero-order valence-electron chi connectivity index (χ0n) is 17.3. The van der Waals surface area contributed by atoms with E-state index >= 15 is 0 Å². The molecule has 1 saturated carbocycles. The Hall–Kier alpha value is -3.26. The summed E-state index contributed by atoms with van der Waals surface area (Å²) in [5.41, 5.74) is 1.99. The highest BCUT2D eigenvalue weighted by Gasteiger charge is 2.28. The molecule has 3 aromatic rings. The molecule has 4 rings (SSSR count). The number of amides is 2. The maximum Gasteiger partial charge on any atom is 0.286 e. The smallest absolute Gasteiger partial charge is 0.286 e. The average Bonchev–Trinajstić information content (AvgIpc) is 3.53. The van der Waals surface area contributed by atoms with Crippen LogP contribution in [-0.4, -0.2) is 28.6 Å². The molecule has 1 aliphatic rings. The van der Waals surface area contributed by atoms with Crippen LogP contribution in [0.1, 0.15) is 62.8 Å². The zero-order chi connectivity index (χ0) is 21.6. The molecule has 1 fully saturated rings. The number of carbonyl (C=O) groups excluding carboxylic acids is 2. The first-order valence-corrected chi connectivity index (χ1v) is 11.2. The third-order valence-electron chi connectivity index (χ3n) is 4.79. The molecular weight excluding hydrogens is 412 g/mol. The Morgan fingerprint density at radius 2 is 1.90 bits per heavy atom. The fraction of sp³-hybridized carbons (Fsp3) is 0.304. The van der Waals surface area contributed by atoms with Crippen LogP contribution in [0.2, 0.25) is 0 Å². The van der Waals surface area contributed by atoms with Gasteiger partial charge < -0.3 is 15.4 Å². The number of aromatic nitrogens is 2. The minimum Gasteiger partial charge on any atom is -0.494 e. The second kappa shape index (κ2) is 9.70. The predicted molar refractivity (Wildman–Crippen MR) is 120 cm³/mol. The van der Waals surface area contributed by atoms with Gasteiger partial charge in [0.25, 0.3) is 11.8 Å². The Morgan fingerprint density at radius 1 is 1.10 bits per heavy atom. The minimum atomic E-state index is -0.313. The SMILES string of the molecule is CCCOc1ccc(CNC(=O)c2cccc(NC(=O)c3nnc(C4CC4)s3)c2)cc1. The van der Waals surface area contributed by atoms with Crippen molar-refractivity contribution < 1.29 is 14.3 Å². The van der Waals surface area contributed by atoms with E-state index in [1.807, 2.05) is 24.3 Å². The quantitative estimate of drug-likeness (QED) is 0.519. The molecular formula is C23H24N4O3S. The molecule has 2 aromatic carbocycles. The van der Waals surface area contributed by atoms with Gasteiger partial charge in [-0.2, -0.15) is 0 Å². The molecule has 0 radical (unpaired) electrons. The van der Waals surface area contributed by atoms with Crippen LogP contribution in [0.5, 0.6) is 5.75 Å². The van der Waals surface area contributed by atoms with Gasteiger partial charge in [0.2, 0.25) is 5.01 Å². The van der Waals surface area contributed by atoms with E-state index in [1.54, 1.807) is 24.3 Å². The second-order valence-electron chi connectivity index (χ2n) is 7.43. The molecule has 31 heavy (non-hydrogen) atoms. The number of rotatable bonds is 9. The lowest BCUT2D eigenvalue weighted by Crippen LogP contribution is -2.23. The van der Waals surface area contributed by atoms with Gasteiger partial charge in [-0.3, -0.25) is 9.59 Å². The molecule has 0 bridgehead atoms. The first-order valence-electron chi connectivity index (χ1n) is 10.4. The maximum absolute atomic E-state index is 12.6. The van der Waals surface area contributed by atoms with E-state index in [0.717, 1.165) is 35.6 Å². The monoisotopic (exact) mass is 436 g/mol. The van der Waals surface area contributed by atoms with Crippen LogP contribution in [0.4, 0.5) is 5.69 Å². The Kier molecular flexibility index (Phi) is 6.57. The summed E-state index contributed by atoms with van der Waals surface area (Å²) in [4.78, 5) is 25.0. The summed E-state index contributed by atoms with van der Waals surface area (Å²) < 4.78 is 5.57. The van der Waals surface area contributed by atoms with E-state index in [-0.39, 0.29) is 11.8 Å². The van der Waals surface area contributed by atoms with Crippen LogP contribution in [0, 0.1) is 0 Å². The summed E-state index contributed by atoms with van der Waals surface area (Å²) >= 11 is 1.33. The molecule has 2 amide bonds. The van der Waals surface area contributed by atoms with Gasteiger partial charge in [-0.15, -0.1) is 10.2 Å². The van der Waals surface area contributed by atoms with Gasteiger partial charge in [-0.05, 0) is 55.2 Å². The number of nitrogens with zero attached hydrogens (tertiary/aromatic N) is 2. The van der Waals surface area contributed by atoms with Crippen molar-refractivity contribution in [2.45, 2.75) is 38.6 Å². The molecule has 1 aromatic heterocycles. The van der Waals surface area contributed by atoms with Crippen molar-refractivity contribution in [1.29, 1.82) is 0 Å². The van der Waals surface area contributed by atoms with Crippen LogP contribution < -0.4 is 15.4 Å². The first kappa shape index (κ1) is 21.0. The topological polar surface area (TPSA) is 93.2 Å². The highest BCUT2D eigenvalue weighted by atomic mass is 32.1. The standard InChI is InChI=1S/C23H24N4O3S/c1-2-12-30-19-10-6-15(7-11-19)14-24-20(28)17-4-3-5-18(13-17)25-21(29)23-27-26-22(31-23)16-8-9-16/h3-7,10-11,13,16H,2,8-9,12,14H2,1H3,(H,24,28)(H,25,29). The molecule has 0 spiro atoms. The molecule has 160 valence electrons. The summed E-state index contributed by atoms with van der Waals surface area (Å²) in [6, 6.07) is 14.5. The zero-order valence-corrected chi connectivity index (χ0v) is 18.1. The van der Waals surface area contributed by atoms with Gasteiger partial charge in [0.1, 0.15) is 10.8 Å². The van der Waals surface area contributed by atoms with Crippen LogP contribution in [0.15, 0.2) is 48.5 Å². The third kappa shape index (κ3) is 5.67. The summed E-state index contributed by atoms with van der Waals surface area (Å²) in [5.74, 6) is 0.757. The number of hydrogen-bond acceptors (Lipinski definition) is 6. The normalized spacial score (nSPS) is 12.9. The molecule has 8 heteroatoms. The summed E-state index contributed by atoms with van der Waals surface area (Å²) in [6.45, 7) is 3.15. The number of hydrogen-bond donors (Lipinski definition) is 2. The van der Waals surface area contributed by atoms with Gasteiger partial charge in [-0.25, -0.2) is 0 Å². The van der Waals surface area contributed by atoms with E-state index in [0.29, 0.717) is 35.3 Å². The molecule has 7 nitrogen and oxygen atoms in total. The summed E-state index contributed by atoms with van der Waals surface area (Å²) in [7, 11) is 0. The minimum absolute atomic E-state index is 0.214. The van der Waals surface area contributed by atoms with Crippen molar-refractivity contribution in [3.8, 4) is 5.75 Å². The number of carbonyl (C=O) groups is 2. The van der Waals surface area contributed by atoms with Crippen molar-refractivity contribution in [1.82, 2.24) is 15.5 Å². The highest BCUT2D eigenvalue weighted by Crippen LogP contribution is 2.41. The molecule has 0 unspecified atom stereocenters. The van der Waals surface area contributed by atoms with Crippen molar-refractivity contribution in [3.63, 3.8) is 0 Å². The van der Waals surface area contributed by atoms with Gasteiger partial charge in [0.15, 0.2) is 0 Å². The first-order chi connectivity index (χ1) is 15.1. The van der Waals surface area contributed by atoms with Crippen LogP contribution in [0.25, 0.3) is 0 Å². The Balaban J connectivity index is 1.32. The Labute approximate surface area is 184 Å². The molecule has 0 aliphatic heterocycles. The third-order valence-corrected chi connectivity index (χ3v) is 5.88. The largest absolute Gasteiger partial charge is 0.494 e. The average molecular weight is 437 g/mol. The lowest BCUT2D eigenvalue weighted by atomic mass is 10.1. The highest BCUT2D eigenvalue weighted by molar-refractivity contribution is 7.13. The summed E-state index contributed by atoms with van der Waals surface area (Å²) in [5, 5.41) is 15.0. The molecule has 1 aliphatic carbocycles. The van der Waals surface area contributed by atoms with E-state index in [9.17, 15) is 9.59 Å². The van der Waals surface area contributed by atoms with Gasteiger partial charge in [-0.1, -0.05) is 36.5 Å². The second-order valence-corrected chi connectivity index (χ2v) is 8.44. The number of benzene rings is 2. The van der Waals surface area contributed by atoms with E-state index in [4.69, 9.17) is 4.74 Å². The molecule has 0 saturated heterocycles. The Morgan fingerprint density at radius 3 is 2.65 bits per heavy atom. The maximum atomic E-state index is 12.6. The fourth-order valence-electron chi connectivity index (χ4n) is 2.95. The number of nitrogens with one attached hydrogen (secondary N) is 2. The lowest BCUT2D eigenvalue weighted by Gasteiger charge is -2.09. The van der Waals surface area contributed by atoms with Crippen molar-refractivity contribution in [2.75, 3.05) is 11.9 Å². The predicted octanol–water partition coefficient (Wildman–Crippen LogP) is 4.39. The van der Waals surface area contributed by atoms with Gasteiger partial charge in [0, 0.05) is 23.7 Å². The van der Waals surface area contributed by atoms with E-state index < -0.39 is 0 Å². The number of ether oxygens (including phenoxy) is 1. The van der Waals surface area contributed by atoms with Crippen LogP contribution in [0.3, 0.4) is 0 Å². The van der Waals surface area contributed by atoms with E-state index in [2.05, 4.69) is 27.8 Å². The Bertz CT molecular complexity index is 1060.